The first kappa shape index (κ1) is 18.4. The van der Waals surface area contributed by atoms with Crippen molar-refractivity contribution in [1.82, 2.24) is 39.0 Å². The lowest BCUT2D eigenvalue weighted by atomic mass is 10.1. The first-order valence-corrected chi connectivity index (χ1v) is 9.28. The fraction of sp³-hybridized carbons (Fsp3) is 0.333. The Bertz CT molecular complexity index is 1260. The highest BCUT2D eigenvalue weighted by Crippen LogP contribution is 2.40. The Morgan fingerprint density at radius 1 is 0.966 bits per heavy atom. The average molecular weight is 434 g/mol. The molecule has 5 heterocycles. The third kappa shape index (κ3) is 2.38. The summed E-state index contributed by atoms with van der Waals surface area (Å²) in [5.74, 6) is -1.77. The summed E-state index contributed by atoms with van der Waals surface area (Å²) in [6.45, 7) is -0.519. The van der Waals surface area contributed by atoms with Crippen LogP contribution in [0.2, 0.25) is 0 Å². The monoisotopic (exact) mass is 434 g/mol. The van der Waals surface area contributed by atoms with E-state index in [1.807, 2.05) is 0 Å². The number of aliphatic hydroxyl groups is 3. The fourth-order valence-electron chi connectivity index (χ4n) is 3.65. The summed E-state index contributed by atoms with van der Waals surface area (Å²) in [5, 5.41) is 31.4. The Labute approximate surface area is 171 Å². The molecule has 1 fully saturated rings. The van der Waals surface area contributed by atoms with Gasteiger partial charge in [0.15, 0.2) is 15.4 Å². The van der Waals surface area contributed by atoms with Gasteiger partial charge < -0.3 is 30.0 Å². The molecule has 4 aromatic rings. The largest absolute Gasteiger partial charge is 0.394 e. The zero-order chi connectivity index (χ0) is 20.3. The van der Waals surface area contributed by atoms with Gasteiger partial charge in [-0.25, -0.2) is 19.9 Å². The van der Waals surface area contributed by atoms with Crippen LogP contribution in [0.1, 0.15) is 0 Å². The average Bonchev–Trinajstić information content (AvgIpc) is 3.40. The number of imidazole rings is 2. The minimum Gasteiger partial charge on any atom is -0.394 e. The second kappa shape index (κ2) is 6.45. The first-order chi connectivity index (χ1) is 14.0. The van der Waals surface area contributed by atoms with Gasteiger partial charge in [-0.3, -0.25) is 9.13 Å². The molecular weight excluding hydrogens is 420 g/mol. The molecule has 0 bridgehead atoms. The van der Waals surface area contributed by atoms with Crippen molar-refractivity contribution in [3.63, 3.8) is 0 Å². The summed E-state index contributed by atoms with van der Waals surface area (Å²) < 4.78 is 9.50. The lowest BCUT2D eigenvalue weighted by Gasteiger charge is -2.34. The zero-order valence-electron chi connectivity index (χ0n) is 14.5. The van der Waals surface area contributed by atoms with Gasteiger partial charge in [-0.15, -0.1) is 0 Å². The number of nitrogens with one attached hydrogen (secondary N) is 2. The Balaban J connectivity index is 1.88. The molecule has 0 radical (unpaired) electrons. The minimum atomic E-state index is -1.77. The molecule has 3 atom stereocenters. The molecule has 1 aliphatic rings. The van der Waals surface area contributed by atoms with E-state index >= 15 is 0 Å². The van der Waals surface area contributed by atoms with Crippen LogP contribution in [0.15, 0.2) is 25.3 Å². The molecule has 0 aromatic carbocycles. The van der Waals surface area contributed by atoms with E-state index in [1.165, 1.54) is 34.4 Å². The lowest BCUT2D eigenvalue weighted by Crippen LogP contribution is -2.51. The van der Waals surface area contributed by atoms with Gasteiger partial charge in [-0.1, -0.05) is 24.4 Å². The van der Waals surface area contributed by atoms with Crippen LogP contribution in [0.3, 0.4) is 0 Å². The lowest BCUT2D eigenvalue weighted by molar-refractivity contribution is -0.163. The second-order valence-corrected chi connectivity index (χ2v) is 7.25. The van der Waals surface area contributed by atoms with Crippen LogP contribution in [0, 0.1) is 9.28 Å². The minimum absolute atomic E-state index is 0.249. The van der Waals surface area contributed by atoms with Crippen LogP contribution < -0.4 is 0 Å². The van der Waals surface area contributed by atoms with Crippen molar-refractivity contribution >= 4 is 46.8 Å². The molecule has 29 heavy (non-hydrogen) atoms. The van der Waals surface area contributed by atoms with Crippen molar-refractivity contribution in [3.8, 4) is 0 Å². The van der Waals surface area contributed by atoms with Crippen molar-refractivity contribution in [2.75, 3.05) is 6.61 Å². The number of aliphatic hydroxyl groups excluding tert-OH is 3. The van der Waals surface area contributed by atoms with Gasteiger partial charge in [0.05, 0.1) is 19.3 Å². The van der Waals surface area contributed by atoms with E-state index < -0.39 is 30.8 Å². The molecule has 0 amide bonds. The highest BCUT2D eigenvalue weighted by Gasteiger charge is 2.58. The van der Waals surface area contributed by atoms with Crippen LogP contribution in [-0.2, 0) is 10.6 Å². The molecule has 5 N–H and O–H groups in total. The summed E-state index contributed by atoms with van der Waals surface area (Å²) in [4.78, 5) is 22.4. The summed E-state index contributed by atoms with van der Waals surface area (Å²) in [7, 11) is 0. The SMILES string of the molecule is OC[C@H]1OC(n2cnc3c(=S)nc[nH]c32)(n2cnc3c(=S)nc[nH]c32)[C@H](O)[C@@H]1O. The van der Waals surface area contributed by atoms with Crippen LogP contribution in [0.25, 0.3) is 22.3 Å². The standard InChI is InChI=1S/C15H14N8O4S2/c24-1-6-9(25)10(26)15(27-6,22-4-20-7-11(22)16-2-18-13(7)28)23-5-21-8-12(23)17-3-19-14(8)29/h2-6,9-10,24-26H,1H2,(H,16,18,28)(H,17,19,29)/t6-,9-,10-/m1/s1. The molecule has 4 aromatic heterocycles. The highest BCUT2D eigenvalue weighted by molar-refractivity contribution is 7.71. The molecule has 12 nitrogen and oxygen atoms in total. The van der Waals surface area contributed by atoms with Gasteiger partial charge in [0, 0.05) is 0 Å². The summed E-state index contributed by atoms with van der Waals surface area (Å²) >= 11 is 10.4. The van der Waals surface area contributed by atoms with E-state index in [1.54, 1.807) is 0 Å². The Kier molecular flexibility index (Phi) is 4.09. The molecule has 5 rings (SSSR count). The van der Waals surface area contributed by atoms with Crippen molar-refractivity contribution in [3.05, 3.63) is 34.6 Å². The number of nitrogens with zero attached hydrogens (tertiary/aromatic N) is 6. The predicted octanol–water partition coefficient (Wildman–Crippen LogP) is -0.437. The maximum absolute atomic E-state index is 11.1. The van der Waals surface area contributed by atoms with Gasteiger partial charge in [0.25, 0.3) is 5.85 Å². The van der Waals surface area contributed by atoms with E-state index in [0.29, 0.717) is 22.3 Å². The Hall–Kier alpha value is -2.62. The summed E-state index contributed by atoms with van der Waals surface area (Å²) in [5.41, 5.74) is 1.53. The molecule has 1 saturated heterocycles. The van der Waals surface area contributed by atoms with Crippen molar-refractivity contribution in [2.45, 2.75) is 24.2 Å². The maximum atomic E-state index is 11.1. The van der Waals surface area contributed by atoms with E-state index in [9.17, 15) is 15.3 Å². The van der Waals surface area contributed by atoms with E-state index in [4.69, 9.17) is 29.2 Å². The summed E-state index contributed by atoms with van der Waals surface area (Å²) in [6.07, 6.45) is 1.59. The summed E-state index contributed by atoms with van der Waals surface area (Å²) in [6, 6.07) is 0. The quantitative estimate of drug-likeness (QED) is 0.267. The number of aromatic nitrogens is 8. The highest BCUT2D eigenvalue weighted by atomic mass is 32.1. The zero-order valence-corrected chi connectivity index (χ0v) is 16.1. The van der Waals surface area contributed by atoms with E-state index in [2.05, 4.69) is 29.9 Å². The fourth-order valence-corrected chi connectivity index (χ4v) is 4.05. The van der Waals surface area contributed by atoms with Crippen LogP contribution in [0.4, 0.5) is 0 Å². The third-order valence-corrected chi connectivity index (χ3v) is 5.59. The van der Waals surface area contributed by atoms with Gasteiger partial charge >= 0.3 is 0 Å². The van der Waals surface area contributed by atoms with Gasteiger partial charge in [0.2, 0.25) is 0 Å². The number of hydrogen-bond donors (Lipinski definition) is 5. The molecule has 0 unspecified atom stereocenters. The van der Waals surface area contributed by atoms with E-state index in [-0.39, 0.29) is 9.28 Å². The number of H-pyrrole nitrogens is 2. The normalized spacial score (nSPS) is 23.9. The number of aromatic amines is 2. The molecular formula is C15H14N8O4S2. The molecule has 150 valence electrons. The molecule has 0 aliphatic carbocycles. The van der Waals surface area contributed by atoms with Gasteiger partial charge in [-0.05, 0) is 0 Å². The first-order valence-electron chi connectivity index (χ1n) is 8.46. The predicted molar refractivity (Wildman–Crippen MR) is 103 cm³/mol. The molecule has 0 saturated carbocycles. The smallest absolute Gasteiger partial charge is 0.264 e. The van der Waals surface area contributed by atoms with Crippen LogP contribution in [-0.4, -0.2) is 79.3 Å². The molecule has 14 heteroatoms. The number of ether oxygens (including phenoxy) is 1. The van der Waals surface area contributed by atoms with Gasteiger partial charge in [0.1, 0.15) is 47.2 Å². The third-order valence-electron chi connectivity index (χ3n) is 4.99. The maximum Gasteiger partial charge on any atom is 0.264 e. The topological polar surface area (TPSA) is 163 Å². The van der Waals surface area contributed by atoms with Gasteiger partial charge in [-0.2, -0.15) is 0 Å². The Morgan fingerprint density at radius 2 is 1.48 bits per heavy atom. The van der Waals surface area contributed by atoms with Crippen LogP contribution >= 0.6 is 24.4 Å². The van der Waals surface area contributed by atoms with Crippen LogP contribution in [0.5, 0.6) is 0 Å². The number of rotatable bonds is 3. The molecule has 0 spiro atoms. The molecule has 1 aliphatic heterocycles. The second-order valence-electron chi connectivity index (χ2n) is 6.47. The van der Waals surface area contributed by atoms with Crippen molar-refractivity contribution < 1.29 is 20.1 Å². The van der Waals surface area contributed by atoms with E-state index in [0.717, 1.165) is 0 Å². The number of fused-ring (bicyclic) bond motifs is 2. The van der Waals surface area contributed by atoms with Crippen molar-refractivity contribution in [2.24, 2.45) is 0 Å². The number of hydrogen-bond acceptors (Lipinski definition) is 10. The Morgan fingerprint density at radius 3 is 1.93 bits per heavy atom. The van der Waals surface area contributed by atoms with Crippen molar-refractivity contribution in [1.29, 1.82) is 0 Å².